The van der Waals surface area contributed by atoms with E-state index in [0.29, 0.717) is 25.1 Å². The molecule has 3 aromatic rings. The maximum atomic E-state index is 11.8. The molecule has 0 aliphatic heterocycles. The van der Waals surface area contributed by atoms with Crippen LogP contribution in [0, 0.1) is 6.92 Å². The molecule has 0 radical (unpaired) electrons. The number of carboxylic acids is 1. The van der Waals surface area contributed by atoms with E-state index in [1.807, 2.05) is 42.6 Å². The average molecular weight is 388 g/mol. The summed E-state index contributed by atoms with van der Waals surface area (Å²) >= 11 is 0. The number of carbonyl (C=O) groups is 1. The van der Waals surface area contributed by atoms with Gasteiger partial charge < -0.3 is 15.2 Å². The van der Waals surface area contributed by atoms with Crippen LogP contribution in [0.4, 0.5) is 5.82 Å². The SMILES string of the molecule is COc1ccc(-c2ccc(NCc3cccc(C)c3)nc2)cc1C1(C(=O)O)CC1. The van der Waals surface area contributed by atoms with Crippen molar-refractivity contribution in [2.75, 3.05) is 12.4 Å². The predicted molar refractivity (Wildman–Crippen MR) is 113 cm³/mol. The highest BCUT2D eigenvalue weighted by atomic mass is 16.5. The number of rotatable bonds is 7. The lowest BCUT2D eigenvalue weighted by Crippen LogP contribution is -2.20. The van der Waals surface area contributed by atoms with Gasteiger partial charge in [0.2, 0.25) is 0 Å². The van der Waals surface area contributed by atoms with Gasteiger partial charge in [-0.15, -0.1) is 0 Å². The van der Waals surface area contributed by atoms with Crippen molar-refractivity contribution in [1.82, 2.24) is 4.98 Å². The van der Waals surface area contributed by atoms with Gasteiger partial charge in [0, 0.05) is 23.9 Å². The average Bonchev–Trinajstić information content (AvgIpc) is 3.54. The van der Waals surface area contributed by atoms with Crippen LogP contribution in [0.2, 0.25) is 0 Å². The summed E-state index contributed by atoms with van der Waals surface area (Å²) in [6, 6.07) is 18.0. The van der Waals surface area contributed by atoms with E-state index in [1.54, 1.807) is 7.11 Å². The molecule has 1 aliphatic rings. The van der Waals surface area contributed by atoms with Crippen molar-refractivity contribution in [3.05, 3.63) is 77.5 Å². The molecule has 5 nitrogen and oxygen atoms in total. The van der Waals surface area contributed by atoms with Gasteiger partial charge in [0.1, 0.15) is 11.6 Å². The molecule has 148 valence electrons. The number of nitrogens with one attached hydrogen (secondary N) is 1. The molecular formula is C24H24N2O3. The topological polar surface area (TPSA) is 71.5 Å². The van der Waals surface area contributed by atoms with Crippen molar-refractivity contribution in [2.24, 2.45) is 0 Å². The first kappa shape index (κ1) is 19.0. The number of ether oxygens (including phenoxy) is 1. The maximum absolute atomic E-state index is 11.8. The second-order valence-electron chi connectivity index (χ2n) is 7.58. The summed E-state index contributed by atoms with van der Waals surface area (Å²) in [5.74, 6) is 0.632. The summed E-state index contributed by atoms with van der Waals surface area (Å²) in [7, 11) is 1.58. The third-order valence-electron chi connectivity index (χ3n) is 5.53. The second kappa shape index (κ2) is 7.59. The number of aliphatic carboxylic acids is 1. The van der Waals surface area contributed by atoms with Crippen LogP contribution in [0.3, 0.4) is 0 Å². The molecule has 0 atom stereocenters. The van der Waals surface area contributed by atoms with Crippen molar-refractivity contribution in [2.45, 2.75) is 31.7 Å². The van der Waals surface area contributed by atoms with Gasteiger partial charge in [0.25, 0.3) is 0 Å². The second-order valence-corrected chi connectivity index (χ2v) is 7.58. The number of pyridine rings is 1. The van der Waals surface area contributed by atoms with E-state index in [4.69, 9.17) is 4.74 Å². The summed E-state index contributed by atoms with van der Waals surface area (Å²) in [5, 5.41) is 13.0. The highest BCUT2D eigenvalue weighted by Gasteiger charge is 2.53. The molecule has 0 amide bonds. The van der Waals surface area contributed by atoms with E-state index in [9.17, 15) is 9.90 Å². The van der Waals surface area contributed by atoms with E-state index < -0.39 is 11.4 Å². The standard InChI is InChI=1S/C24H24N2O3/c1-16-4-3-5-17(12-16)14-25-22-9-7-19(15-26-22)18-6-8-21(29-2)20(13-18)24(10-11-24)23(27)28/h3-9,12-13,15H,10-11,14H2,1-2H3,(H,25,26)(H,27,28). The van der Waals surface area contributed by atoms with Crippen LogP contribution < -0.4 is 10.1 Å². The number of nitrogens with zero attached hydrogens (tertiary/aromatic N) is 1. The van der Waals surface area contributed by atoms with Gasteiger partial charge >= 0.3 is 5.97 Å². The first-order valence-corrected chi connectivity index (χ1v) is 9.69. The van der Waals surface area contributed by atoms with Gasteiger partial charge in [0.15, 0.2) is 0 Å². The molecule has 5 heteroatoms. The Labute approximate surface area is 170 Å². The Morgan fingerprint density at radius 1 is 1.14 bits per heavy atom. The molecular weight excluding hydrogens is 364 g/mol. The van der Waals surface area contributed by atoms with E-state index in [0.717, 1.165) is 22.5 Å². The van der Waals surface area contributed by atoms with Gasteiger partial charge in [-0.2, -0.15) is 0 Å². The van der Waals surface area contributed by atoms with Crippen molar-refractivity contribution in [3.8, 4) is 16.9 Å². The number of benzene rings is 2. The van der Waals surface area contributed by atoms with Gasteiger partial charge in [-0.05, 0) is 55.2 Å². The fourth-order valence-corrected chi connectivity index (χ4v) is 3.67. The smallest absolute Gasteiger partial charge is 0.314 e. The number of aryl methyl sites for hydroxylation is 1. The zero-order chi connectivity index (χ0) is 20.4. The lowest BCUT2D eigenvalue weighted by Gasteiger charge is -2.16. The van der Waals surface area contributed by atoms with Crippen LogP contribution in [0.25, 0.3) is 11.1 Å². The molecule has 0 unspecified atom stereocenters. The number of aromatic nitrogens is 1. The van der Waals surface area contributed by atoms with Crippen molar-refractivity contribution in [1.29, 1.82) is 0 Å². The Morgan fingerprint density at radius 3 is 2.55 bits per heavy atom. The van der Waals surface area contributed by atoms with Crippen LogP contribution >= 0.6 is 0 Å². The third kappa shape index (κ3) is 3.81. The van der Waals surface area contributed by atoms with E-state index in [2.05, 4.69) is 35.4 Å². The van der Waals surface area contributed by atoms with Crippen LogP contribution in [0.15, 0.2) is 60.8 Å². The van der Waals surface area contributed by atoms with E-state index in [-0.39, 0.29) is 0 Å². The van der Waals surface area contributed by atoms with Crippen molar-refractivity contribution >= 4 is 11.8 Å². The number of hydrogen-bond acceptors (Lipinski definition) is 4. The molecule has 1 saturated carbocycles. The first-order valence-electron chi connectivity index (χ1n) is 9.69. The number of carboxylic acid groups (broad SMARTS) is 1. The van der Waals surface area contributed by atoms with Gasteiger partial charge in [-0.3, -0.25) is 4.79 Å². The molecule has 29 heavy (non-hydrogen) atoms. The molecule has 2 N–H and O–H groups in total. The quantitative estimate of drug-likeness (QED) is 0.609. The molecule has 0 spiro atoms. The minimum absolute atomic E-state index is 0.623. The summed E-state index contributed by atoms with van der Waals surface area (Å²) < 4.78 is 5.43. The maximum Gasteiger partial charge on any atom is 0.314 e. The molecule has 1 aliphatic carbocycles. The summed E-state index contributed by atoms with van der Waals surface area (Å²) in [4.78, 5) is 16.3. The van der Waals surface area contributed by atoms with Crippen molar-refractivity contribution < 1.29 is 14.6 Å². The number of anilines is 1. The van der Waals surface area contributed by atoms with Crippen LogP contribution in [0.5, 0.6) is 5.75 Å². The first-order chi connectivity index (χ1) is 14.0. The Hall–Kier alpha value is -3.34. The van der Waals surface area contributed by atoms with E-state index in [1.165, 1.54) is 11.1 Å². The largest absolute Gasteiger partial charge is 0.496 e. The Balaban J connectivity index is 1.54. The van der Waals surface area contributed by atoms with Crippen LogP contribution in [-0.4, -0.2) is 23.2 Å². The minimum Gasteiger partial charge on any atom is -0.496 e. The third-order valence-corrected chi connectivity index (χ3v) is 5.53. The lowest BCUT2D eigenvalue weighted by molar-refractivity contribution is -0.140. The summed E-state index contributed by atoms with van der Waals surface area (Å²) in [6.07, 6.45) is 3.09. The zero-order valence-electron chi connectivity index (χ0n) is 16.6. The monoisotopic (exact) mass is 388 g/mol. The number of methoxy groups -OCH3 is 1. The summed E-state index contributed by atoms with van der Waals surface area (Å²) in [6.45, 7) is 2.79. The molecule has 4 rings (SSSR count). The normalized spacial score (nSPS) is 14.3. The highest BCUT2D eigenvalue weighted by molar-refractivity contribution is 5.87. The highest BCUT2D eigenvalue weighted by Crippen LogP contribution is 2.52. The Kier molecular flexibility index (Phi) is 4.97. The molecule has 1 aromatic heterocycles. The van der Waals surface area contributed by atoms with Crippen LogP contribution in [-0.2, 0) is 16.8 Å². The molecule has 1 heterocycles. The zero-order valence-corrected chi connectivity index (χ0v) is 16.6. The minimum atomic E-state index is -0.815. The molecule has 0 bridgehead atoms. The van der Waals surface area contributed by atoms with E-state index >= 15 is 0 Å². The molecule has 1 fully saturated rings. The Morgan fingerprint density at radius 2 is 1.93 bits per heavy atom. The van der Waals surface area contributed by atoms with Gasteiger partial charge in [-0.25, -0.2) is 4.98 Å². The number of hydrogen-bond donors (Lipinski definition) is 2. The summed E-state index contributed by atoms with van der Waals surface area (Å²) in [5.41, 5.74) is 4.25. The fourth-order valence-electron chi connectivity index (χ4n) is 3.67. The van der Waals surface area contributed by atoms with Gasteiger partial charge in [-0.1, -0.05) is 35.9 Å². The Bertz CT molecular complexity index is 1040. The molecule has 0 saturated heterocycles. The lowest BCUT2D eigenvalue weighted by atomic mass is 9.92. The van der Waals surface area contributed by atoms with Gasteiger partial charge in [0.05, 0.1) is 12.5 Å². The molecule has 2 aromatic carbocycles. The predicted octanol–water partition coefficient (Wildman–Crippen LogP) is 4.79. The fraction of sp³-hybridized carbons (Fsp3) is 0.250. The van der Waals surface area contributed by atoms with Crippen molar-refractivity contribution in [3.63, 3.8) is 0 Å². The van der Waals surface area contributed by atoms with Crippen LogP contribution in [0.1, 0.15) is 29.5 Å².